The molecule has 0 bridgehead atoms. The van der Waals surface area contributed by atoms with Crippen LogP contribution in [-0.2, 0) is 0 Å². The van der Waals surface area contributed by atoms with E-state index in [1.54, 1.807) is 6.92 Å². The van der Waals surface area contributed by atoms with Gasteiger partial charge in [-0.15, -0.1) is 0 Å². The molecule has 2 nitrogen and oxygen atoms in total. The van der Waals surface area contributed by atoms with Gasteiger partial charge in [0.1, 0.15) is 0 Å². The van der Waals surface area contributed by atoms with Gasteiger partial charge in [0.05, 0.1) is 0 Å². The molecule has 0 aromatic heterocycles. The third-order valence-electron chi connectivity index (χ3n) is 0.333. The molecule has 0 heterocycles. The molecule has 0 rings (SSSR count). The van der Waals surface area contributed by atoms with Crippen LogP contribution >= 0.6 is 11.6 Å². The highest BCUT2D eigenvalue weighted by molar-refractivity contribution is 6.27. The Balaban J connectivity index is 0. The van der Waals surface area contributed by atoms with Crippen LogP contribution in [0.2, 0.25) is 0 Å². The molecule has 0 saturated heterocycles. The van der Waals surface area contributed by atoms with Crippen molar-refractivity contribution in [3.05, 3.63) is 11.7 Å². The lowest BCUT2D eigenvalue weighted by Gasteiger charge is -1.78. The molecule has 0 atom stereocenters. The van der Waals surface area contributed by atoms with Gasteiger partial charge in [0.2, 0.25) is 5.84 Å². The van der Waals surface area contributed by atoms with Crippen molar-refractivity contribution in [3.63, 3.8) is 0 Å². The SMILES string of the molecule is C=C(Cl)/[NH+]=C(\C)N.[Cl-]. The standard InChI is InChI=1S/C4H7ClN2.ClH/c1-3(5)7-4(2)6;/h1H2,2H3,(H2,6,7);1H. The number of amidine groups is 1. The predicted molar refractivity (Wildman–Crippen MR) is 30.8 cm³/mol. The normalized spacial score (nSPS) is 10.0. The van der Waals surface area contributed by atoms with Crippen LogP contribution in [-0.4, -0.2) is 5.84 Å². The average molecular weight is 155 g/mol. The van der Waals surface area contributed by atoms with Crippen molar-refractivity contribution < 1.29 is 17.4 Å². The minimum absolute atomic E-state index is 0. The maximum atomic E-state index is 5.27. The van der Waals surface area contributed by atoms with E-state index in [2.05, 4.69) is 11.6 Å². The van der Waals surface area contributed by atoms with E-state index in [0.29, 0.717) is 11.0 Å². The fraction of sp³-hybridized carbons (Fsp3) is 0.250. The molecule has 0 unspecified atom stereocenters. The molecule has 0 aromatic carbocycles. The van der Waals surface area contributed by atoms with Crippen LogP contribution in [0.15, 0.2) is 11.7 Å². The summed E-state index contributed by atoms with van der Waals surface area (Å²) in [6, 6.07) is 0. The van der Waals surface area contributed by atoms with E-state index in [1.165, 1.54) is 0 Å². The Kier molecular flexibility index (Phi) is 6.61. The van der Waals surface area contributed by atoms with Crippen LogP contribution in [0.1, 0.15) is 6.92 Å². The highest BCUT2D eigenvalue weighted by Gasteiger charge is 1.84. The molecule has 4 heteroatoms. The summed E-state index contributed by atoms with van der Waals surface area (Å²) in [5.41, 5.74) is 5.15. The first-order valence-electron chi connectivity index (χ1n) is 1.83. The lowest BCUT2D eigenvalue weighted by molar-refractivity contribution is -0.384. The van der Waals surface area contributed by atoms with Gasteiger partial charge in [-0.05, 0) is 18.2 Å². The highest BCUT2D eigenvalue weighted by atomic mass is 35.5. The van der Waals surface area contributed by atoms with Gasteiger partial charge in [-0.2, -0.15) is 0 Å². The number of hydrogen-bond acceptors (Lipinski definition) is 0. The Morgan fingerprint density at radius 3 is 2.12 bits per heavy atom. The van der Waals surface area contributed by atoms with E-state index in [0.717, 1.165) is 0 Å². The molecule has 0 aliphatic rings. The Bertz CT molecular complexity index is 105. The zero-order chi connectivity index (χ0) is 5.86. The van der Waals surface area contributed by atoms with Crippen molar-refractivity contribution in [2.75, 3.05) is 0 Å². The van der Waals surface area contributed by atoms with Gasteiger partial charge in [-0.1, -0.05) is 0 Å². The molecule has 0 spiro atoms. The first-order valence-corrected chi connectivity index (χ1v) is 2.21. The van der Waals surface area contributed by atoms with Gasteiger partial charge in [0, 0.05) is 6.92 Å². The topological polar surface area (TPSA) is 40.0 Å². The van der Waals surface area contributed by atoms with E-state index >= 15 is 0 Å². The second-order valence-corrected chi connectivity index (χ2v) is 1.67. The van der Waals surface area contributed by atoms with Crippen molar-refractivity contribution in [2.45, 2.75) is 6.92 Å². The van der Waals surface area contributed by atoms with E-state index in [9.17, 15) is 0 Å². The van der Waals surface area contributed by atoms with Crippen molar-refractivity contribution in [2.24, 2.45) is 5.73 Å². The lowest BCUT2D eigenvalue weighted by Crippen LogP contribution is -3.00. The summed E-state index contributed by atoms with van der Waals surface area (Å²) in [4.78, 5) is 2.57. The molecule has 0 radical (unpaired) electrons. The molecule has 0 aromatic rings. The highest BCUT2D eigenvalue weighted by Crippen LogP contribution is 1.74. The molecule has 0 amide bonds. The van der Waals surface area contributed by atoms with Gasteiger partial charge in [-0.25, -0.2) is 4.99 Å². The van der Waals surface area contributed by atoms with Gasteiger partial charge < -0.3 is 12.4 Å². The molecule has 8 heavy (non-hydrogen) atoms. The van der Waals surface area contributed by atoms with Gasteiger partial charge in [0.15, 0.2) is 5.16 Å². The summed E-state index contributed by atoms with van der Waals surface area (Å²) in [7, 11) is 0. The van der Waals surface area contributed by atoms with Crippen molar-refractivity contribution in [1.82, 2.24) is 0 Å². The summed E-state index contributed by atoms with van der Waals surface area (Å²) < 4.78 is 0. The Hall–Kier alpha value is -0.210. The molecular formula is C4H8Cl2N2. The van der Waals surface area contributed by atoms with Crippen molar-refractivity contribution in [3.8, 4) is 0 Å². The van der Waals surface area contributed by atoms with Crippen LogP contribution in [0.4, 0.5) is 0 Å². The second kappa shape index (κ2) is 4.94. The predicted octanol–water partition coefficient (Wildman–Crippen LogP) is -3.84. The summed E-state index contributed by atoms with van der Waals surface area (Å²) >= 11 is 5.27. The van der Waals surface area contributed by atoms with Gasteiger partial charge >= 0.3 is 0 Å². The minimum atomic E-state index is 0. The zero-order valence-corrected chi connectivity index (χ0v) is 6.05. The number of nitrogens with two attached hydrogens (primary N) is 1. The van der Waals surface area contributed by atoms with Crippen LogP contribution in [0.3, 0.4) is 0 Å². The van der Waals surface area contributed by atoms with Crippen molar-refractivity contribution in [1.29, 1.82) is 0 Å². The average Bonchev–Trinajstić information content (AvgIpc) is 1.27. The summed E-state index contributed by atoms with van der Waals surface area (Å²) in [6.07, 6.45) is 0. The Morgan fingerprint density at radius 1 is 1.75 bits per heavy atom. The largest absolute Gasteiger partial charge is 1.00 e. The summed E-state index contributed by atoms with van der Waals surface area (Å²) in [5.74, 6) is 0.556. The first kappa shape index (κ1) is 10.7. The quantitative estimate of drug-likeness (QED) is 0.227. The molecule has 3 N–H and O–H groups in total. The molecule has 0 aliphatic heterocycles. The van der Waals surface area contributed by atoms with Gasteiger partial charge in [0.25, 0.3) is 0 Å². The second-order valence-electron chi connectivity index (χ2n) is 1.21. The smallest absolute Gasteiger partial charge is 0.242 e. The van der Waals surface area contributed by atoms with Crippen LogP contribution in [0, 0.1) is 0 Å². The molecular weight excluding hydrogens is 147 g/mol. The summed E-state index contributed by atoms with van der Waals surface area (Å²) in [6.45, 7) is 5.05. The monoisotopic (exact) mass is 154 g/mol. The number of hydrogen-bond donors (Lipinski definition) is 2. The van der Waals surface area contributed by atoms with E-state index in [1.807, 2.05) is 0 Å². The first-order chi connectivity index (χ1) is 3.13. The fourth-order valence-corrected chi connectivity index (χ4v) is 0.363. The molecule has 0 fully saturated rings. The fourth-order valence-electron chi connectivity index (χ4n) is 0.214. The van der Waals surface area contributed by atoms with E-state index in [-0.39, 0.29) is 12.4 Å². The number of halogens is 2. The summed E-state index contributed by atoms with van der Waals surface area (Å²) in [5, 5.41) is 0.347. The molecule has 0 saturated carbocycles. The van der Waals surface area contributed by atoms with E-state index in [4.69, 9.17) is 17.3 Å². The number of nitrogens with one attached hydrogen (secondary N) is 1. The third kappa shape index (κ3) is 9.25. The van der Waals surface area contributed by atoms with Gasteiger partial charge in [-0.3, -0.25) is 5.73 Å². The molecule has 48 valence electrons. The van der Waals surface area contributed by atoms with Crippen LogP contribution < -0.4 is 23.1 Å². The third-order valence-corrected chi connectivity index (χ3v) is 0.427. The number of rotatable bonds is 1. The Labute approximate surface area is 59.8 Å². The molecule has 0 aliphatic carbocycles. The van der Waals surface area contributed by atoms with Crippen LogP contribution in [0.5, 0.6) is 0 Å². The van der Waals surface area contributed by atoms with Crippen molar-refractivity contribution >= 4 is 17.4 Å². The maximum absolute atomic E-state index is 5.27. The van der Waals surface area contributed by atoms with Crippen LogP contribution in [0.25, 0.3) is 0 Å². The zero-order valence-electron chi connectivity index (χ0n) is 4.54. The van der Waals surface area contributed by atoms with E-state index < -0.39 is 0 Å². The minimum Gasteiger partial charge on any atom is -1.00 e. The maximum Gasteiger partial charge on any atom is 0.242 e. The lowest BCUT2D eigenvalue weighted by atomic mass is 10.7. The Morgan fingerprint density at radius 2 is 2.12 bits per heavy atom.